The van der Waals surface area contributed by atoms with Crippen LogP contribution < -0.4 is 5.32 Å². The molecule has 0 saturated heterocycles. The van der Waals surface area contributed by atoms with Gasteiger partial charge >= 0.3 is 0 Å². The van der Waals surface area contributed by atoms with Gasteiger partial charge in [-0.3, -0.25) is 0 Å². The fourth-order valence-electron chi connectivity index (χ4n) is 2.20. The molecule has 0 saturated carbocycles. The number of benzene rings is 1. The largest absolute Gasteiger partial charge is 0.459 e. The standard InChI is InChI=1S/C15H20FNO/c1-9(2)15-12-7-11(16)5-6-13(12)18-14(15)8-17-10(3)4/h5-7,9-10,17H,8H2,1-4H3. The van der Waals surface area contributed by atoms with Gasteiger partial charge in [-0.15, -0.1) is 0 Å². The molecule has 0 spiro atoms. The predicted molar refractivity (Wildman–Crippen MR) is 72.2 cm³/mol. The van der Waals surface area contributed by atoms with Gasteiger partial charge in [0.05, 0.1) is 6.54 Å². The molecule has 0 bridgehead atoms. The van der Waals surface area contributed by atoms with E-state index < -0.39 is 0 Å². The highest BCUT2D eigenvalue weighted by Crippen LogP contribution is 2.32. The zero-order valence-corrected chi connectivity index (χ0v) is 11.4. The first-order valence-corrected chi connectivity index (χ1v) is 6.43. The van der Waals surface area contributed by atoms with E-state index in [0.29, 0.717) is 18.5 Å². The maximum Gasteiger partial charge on any atom is 0.134 e. The second kappa shape index (κ2) is 5.11. The van der Waals surface area contributed by atoms with Crippen LogP contribution in [0.15, 0.2) is 22.6 Å². The van der Waals surface area contributed by atoms with E-state index in [2.05, 4.69) is 33.0 Å². The van der Waals surface area contributed by atoms with E-state index in [1.165, 1.54) is 6.07 Å². The van der Waals surface area contributed by atoms with Crippen molar-refractivity contribution in [1.29, 1.82) is 0 Å². The van der Waals surface area contributed by atoms with E-state index in [0.717, 1.165) is 22.3 Å². The Morgan fingerprint density at radius 2 is 1.94 bits per heavy atom. The molecule has 0 aliphatic heterocycles. The summed E-state index contributed by atoms with van der Waals surface area (Å²) in [5.74, 6) is 1.02. The van der Waals surface area contributed by atoms with Crippen molar-refractivity contribution >= 4 is 11.0 Å². The van der Waals surface area contributed by atoms with Gasteiger partial charge in [0.1, 0.15) is 17.2 Å². The van der Waals surface area contributed by atoms with Gasteiger partial charge in [-0.05, 0) is 24.1 Å². The van der Waals surface area contributed by atoms with Crippen molar-refractivity contribution in [3.8, 4) is 0 Å². The molecule has 0 atom stereocenters. The van der Waals surface area contributed by atoms with Gasteiger partial charge in [0.25, 0.3) is 0 Å². The van der Waals surface area contributed by atoms with Crippen molar-refractivity contribution in [2.45, 2.75) is 46.2 Å². The van der Waals surface area contributed by atoms with Crippen molar-refractivity contribution in [3.05, 3.63) is 35.3 Å². The molecule has 18 heavy (non-hydrogen) atoms. The third kappa shape index (κ3) is 2.56. The Morgan fingerprint density at radius 1 is 1.22 bits per heavy atom. The Bertz CT molecular complexity index is 543. The van der Waals surface area contributed by atoms with Gasteiger partial charge in [0, 0.05) is 17.0 Å². The number of fused-ring (bicyclic) bond motifs is 1. The average molecular weight is 249 g/mol. The monoisotopic (exact) mass is 249 g/mol. The zero-order chi connectivity index (χ0) is 13.3. The first-order valence-electron chi connectivity index (χ1n) is 6.43. The summed E-state index contributed by atoms with van der Waals surface area (Å²) in [4.78, 5) is 0. The molecule has 2 aromatic rings. The Balaban J connectivity index is 2.48. The molecule has 1 heterocycles. The quantitative estimate of drug-likeness (QED) is 0.878. The lowest BCUT2D eigenvalue weighted by atomic mass is 9.99. The summed E-state index contributed by atoms with van der Waals surface area (Å²) in [6.07, 6.45) is 0. The summed E-state index contributed by atoms with van der Waals surface area (Å²) in [5.41, 5.74) is 1.87. The fraction of sp³-hybridized carbons (Fsp3) is 0.467. The molecular weight excluding hydrogens is 229 g/mol. The Labute approximate surface area is 107 Å². The van der Waals surface area contributed by atoms with Crippen LogP contribution in [0.2, 0.25) is 0 Å². The first-order chi connectivity index (χ1) is 8.49. The minimum absolute atomic E-state index is 0.214. The van der Waals surface area contributed by atoms with Gasteiger partial charge in [-0.25, -0.2) is 4.39 Å². The maximum absolute atomic E-state index is 13.3. The third-order valence-corrected chi connectivity index (χ3v) is 3.01. The fourth-order valence-corrected chi connectivity index (χ4v) is 2.20. The lowest BCUT2D eigenvalue weighted by Gasteiger charge is -2.09. The molecule has 98 valence electrons. The minimum atomic E-state index is -0.214. The Hall–Kier alpha value is -1.35. The molecule has 0 aliphatic carbocycles. The number of furan rings is 1. The van der Waals surface area contributed by atoms with Crippen LogP contribution in [-0.2, 0) is 6.54 Å². The molecule has 1 aromatic carbocycles. The summed E-state index contributed by atoms with van der Waals surface area (Å²) in [7, 11) is 0. The smallest absolute Gasteiger partial charge is 0.134 e. The van der Waals surface area contributed by atoms with Crippen molar-refractivity contribution < 1.29 is 8.81 Å². The van der Waals surface area contributed by atoms with Crippen molar-refractivity contribution in [3.63, 3.8) is 0 Å². The third-order valence-electron chi connectivity index (χ3n) is 3.01. The summed E-state index contributed by atoms with van der Waals surface area (Å²) < 4.78 is 19.2. The van der Waals surface area contributed by atoms with Crippen LogP contribution in [-0.4, -0.2) is 6.04 Å². The Kier molecular flexibility index (Phi) is 3.71. The lowest BCUT2D eigenvalue weighted by molar-refractivity contribution is 0.480. The molecule has 3 heteroatoms. The van der Waals surface area contributed by atoms with Crippen LogP contribution in [0.4, 0.5) is 4.39 Å². The number of rotatable bonds is 4. The van der Waals surface area contributed by atoms with E-state index in [1.807, 2.05) is 0 Å². The van der Waals surface area contributed by atoms with Crippen LogP contribution in [0.3, 0.4) is 0 Å². The van der Waals surface area contributed by atoms with Crippen molar-refractivity contribution in [2.75, 3.05) is 0 Å². The van der Waals surface area contributed by atoms with Gasteiger partial charge in [-0.2, -0.15) is 0 Å². The van der Waals surface area contributed by atoms with Crippen LogP contribution in [0.5, 0.6) is 0 Å². The zero-order valence-electron chi connectivity index (χ0n) is 11.4. The maximum atomic E-state index is 13.3. The first kappa shape index (κ1) is 13.1. The number of hydrogen-bond acceptors (Lipinski definition) is 2. The van der Waals surface area contributed by atoms with E-state index in [-0.39, 0.29) is 5.82 Å². The Morgan fingerprint density at radius 3 is 2.56 bits per heavy atom. The lowest BCUT2D eigenvalue weighted by Crippen LogP contribution is -2.22. The van der Waals surface area contributed by atoms with E-state index >= 15 is 0 Å². The van der Waals surface area contributed by atoms with E-state index in [4.69, 9.17) is 4.42 Å². The molecule has 0 fully saturated rings. The molecule has 0 radical (unpaired) electrons. The van der Waals surface area contributed by atoms with Crippen LogP contribution in [0.1, 0.15) is 44.9 Å². The van der Waals surface area contributed by atoms with Crippen LogP contribution in [0, 0.1) is 5.82 Å². The van der Waals surface area contributed by atoms with Gasteiger partial charge in [-0.1, -0.05) is 27.7 Å². The highest BCUT2D eigenvalue weighted by Gasteiger charge is 2.17. The van der Waals surface area contributed by atoms with Gasteiger partial charge in [0.2, 0.25) is 0 Å². The highest BCUT2D eigenvalue weighted by atomic mass is 19.1. The van der Waals surface area contributed by atoms with Crippen molar-refractivity contribution in [1.82, 2.24) is 5.32 Å². The number of hydrogen-bond donors (Lipinski definition) is 1. The second-order valence-corrected chi connectivity index (χ2v) is 5.27. The van der Waals surface area contributed by atoms with Crippen LogP contribution in [0.25, 0.3) is 11.0 Å². The molecular formula is C15H20FNO. The normalized spacial score (nSPS) is 11.9. The van der Waals surface area contributed by atoms with Crippen molar-refractivity contribution in [2.24, 2.45) is 0 Å². The number of nitrogens with one attached hydrogen (secondary N) is 1. The highest BCUT2D eigenvalue weighted by molar-refractivity contribution is 5.82. The summed E-state index contributed by atoms with van der Waals surface area (Å²) >= 11 is 0. The molecule has 0 unspecified atom stereocenters. The molecule has 2 rings (SSSR count). The average Bonchev–Trinajstić information content (AvgIpc) is 2.63. The summed E-state index contributed by atoms with van der Waals surface area (Å²) in [6, 6.07) is 5.10. The van der Waals surface area contributed by atoms with Crippen LogP contribution >= 0.6 is 0 Å². The number of halogens is 1. The molecule has 0 amide bonds. The SMILES string of the molecule is CC(C)NCc1oc2ccc(F)cc2c1C(C)C. The minimum Gasteiger partial charge on any atom is -0.459 e. The molecule has 1 N–H and O–H groups in total. The summed E-state index contributed by atoms with van der Waals surface area (Å²) in [6.45, 7) is 9.08. The predicted octanol–water partition coefficient (Wildman–Crippen LogP) is 4.19. The second-order valence-electron chi connectivity index (χ2n) is 5.27. The molecule has 2 nitrogen and oxygen atoms in total. The van der Waals surface area contributed by atoms with Gasteiger partial charge < -0.3 is 9.73 Å². The van der Waals surface area contributed by atoms with Gasteiger partial charge in [0.15, 0.2) is 0 Å². The summed E-state index contributed by atoms with van der Waals surface area (Å²) in [5, 5.41) is 4.24. The van der Waals surface area contributed by atoms with E-state index in [9.17, 15) is 4.39 Å². The topological polar surface area (TPSA) is 25.2 Å². The molecule has 1 aromatic heterocycles. The molecule has 0 aliphatic rings. The van der Waals surface area contributed by atoms with E-state index in [1.54, 1.807) is 12.1 Å².